The van der Waals surface area contributed by atoms with E-state index in [0.717, 1.165) is 24.1 Å². The molecule has 1 saturated carbocycles. The van der Waals surface area contributed by atoms with Crippen LogP contribution in [0.25, 0.3) is 0 Å². The molecule has 2 saturated heterocycles. The lowest BCUT2D eigenvalue weighted by molar-refractivity contribution is -0.163. The highest BCUT2D eigenvalue weighted by molar-refractivity contribution is 5.90. The topological polar surface area (TPSA) is 119 Å². The molecular formula is C27H37N5O5. The number of aromatic nitrogens is 3. The molecule has 3 heterocycles. The van der Waals surface area contributed by atoms with Gasteiger partial charge in [-0.3, -0.25) is 9.59 Å². The van der Waals surface area contributed by atoms with E-state index in [-0.39, 0.29) is 31.3 Å². The average Bonchev–Trinajstić information content (AvgIpc) is 3.49. The van der Waals surface area contributed by atoms with E-state index < -0.39 is 29.2 Å². The highest BCUT2D eigenvalue weighted by Gasteiger charge is 2.46. The zero-order chi connectivity index (χ0) is 26.2. The number of amides is 2. The molecule has 0 radical (unpaired) electrons. The molecule has 3 fully saturated rings. The minimum Gasteiger partial charge on any atom is -0.391 e. The van der Waals surface area contributed by atoms with Crippen molar-refractivity contribution in [3.63, 3.8) is 0 Å². The molecule has 0 spiro atoms. The van der Waals surface area contributed by atoms with Crippen molar-refractivity contribution in [3.05, 3.63) is 47.8 Å². The second kappa shape index (κ2) is 10.2. The number of aliphatic hydroxyl groups excluding tert-OH is 1. The quantitative estimate of drug-likeness (QED) is 0.582. The van der Waals surface area contributed by atoms with Crippen LogP contribution in [0.4, 0.5) is 0 Å². The van der Waals surface area contributed by atoms with E-state index in [9.17, 15) is 14.7 Å². The van der Waals surface area contributed by atoms with Crippen molar-refractivity contribution in [1.29, 1.82) is 0 Å². The lowest BCUT2D eigenvalue weighted by atomic mass is 9.85. The van der Waals surface area contributed by atoms with Gasteiger partial charge in [0.2, 0.25) is 11.8 Å². The summed E-state index contributed by atoms with van der Waals surface area (Å²) in [4.78, 5) is 28.9. The van der Waals surface area contributed by atoms with Gasteiger partial charge in [-0.2, -0.15) is 0 Å². The maximum Gasteiger partial charge on any atom is 0.248 e. The number of benzene rings is 1. The van der Waals surface area contributed by atoms with Crippen LogP contribution < -0.4 is 5.32 Å². The molecule has 3 aliphatic rings. The summed E-state index contributed by atoms with van der Waals surface area (Å²) in [5.74, 6) is -0.148. The van der Waals surface area contributed by atoms with E-state index in [1.165, 1.54) is 4.90 Å². The second-order valence-corrected chi connectivity index (χ2v) is 11.5. The number of aliphatic hydroxyl groups is 1. The SMILES string of the molecule is CC(C)(C)[C@@H](C(=O)N1CC(O)CC1C(=O)NCC1(c2ccccc2)COCCO1)n1cc(C2CC2)nn1. The zero-order valence-electron chi connectivity index (χ0n) is 21.8. The van der Waals surface area contributed by atoms with Crippen LogP contribution in [0.1, 0.15) is 63.3 Å². The largest absolute Gasteiger partial charge is 0.391 e. The average molecular weight is 512 g/mol. The van der Waals surface area contributed by atoms with E-state index in [1.54, 1.807) is 4.68 Å². The highest BCUT2D eigenvalue weighted by atomic mass is 16.6. The van der Waals surface area contributed by atoms with E-state index >= 15 is 0 Å². The van der Waals surface area contributed by atoms with Crippen molar-refractivity contribution in [2.75, 3.05) is 32.9 Å². The first-order chi connectivity index (χ1) is 17.7. The van der Waals surface area contributed by atoms with Crippen molar-refractivity contribution in [2.45, 2.75) is 69.7 Å². The molecule has 3 unspecified atom stereocenters. The van der Waals surface area contributed by atoms with Gasteiger partial charge in [0.15, 0.2) is 0 Å². The number of β-amino-alcohol motifs (C(OH)–C–C–N with tert-alkyl or cyclic N) is 1. The predicted octanol–water partition coefficient (Wildman–Crippen LogP) is 1.76. The summed E-state index contributed by atoms with van der Waals surface area (Å²) in [7, 11) is 0. The van der Waals surface area contributed by atoms with Crippen molar-refractivity contribution >= 4 is 11.8 Å². The number of rotatable bonds is 7. The van der Waals surface area contributed by atoms with E-state index in [2.05, 4.69) is 15.6 Å². The summed E-state index contributed by atoms with van der Waals surface area (Å²) in [6.07, 6.45) is 3.43. The van der Waals surface area contributed by atoms with Gasteiger partial charge in [-0.15, -0.1) is 5.10 Å². The molecular weight excluding hydrogens is 474 g/mol. The molecule has 2 N–H and O–H groups in total. The highest BCUT2D eigenvalue weighted by Crippen LogP contribution is 2.40. The fraction of sp³-hybridized carbons (Fsp3) is 0.630. The summed E-state index contributed by atoms with van der Waals surface area (Å²) in [5.41, 5.74) is 0.526. The molecule has 0 bridgehead atoms. The predicted molar refractivity (Wildman–Crippen MR) is 135 cm³/mol. The smallest absolute Gasteiger partial charge is 0.248 e. The molecule has 2 aliphatic heterocycles. The third-order valence-corrected chi connectivity index (χ3v) is 7.50. The third-order valence-electron chi connectivity index (χ3n) is 7.50. The maximum absolute atomic E-state index is 13.9. The van der Waals surface area contributed by atoms with Crippen LogP contribution >= 0.6 is 0 Å². The van der Waals surface area contributed by atoms with Crippen LogP contribution in [0.2, 0.25) is 0 Å². The molecule has 10 nitrogen and oxygen atoms in total. The summed E-state index contributed by atoms with van der Waals surface area (Å²) in [6.45, 7) is 7.44. The minimum atomic E-state index is -0.810. The van der Waals surface area contributed by atoms with Gasteiger partial charge in [-0.1, -0.05) is 56.3 Å². The number of carbonyl (C=O) groups excluding carboxylic acids is 2. The summed E-state index contributed by atoms with van der Waals surface area (Å²) in [6, 6.07) is 8.24. The van der Waals surface area contributed by atoms with Gasteiger partial charge in [0, 0.05) is 25.1 Å². The summed E-state index contributed by atoms with van der Waals surface area (Å²) in [5, 5.41) is 22.1. The Labute approximate surface area is 217 Å². The Morgan fingerprint density at radius 3 is 2.62 bits per heavy atom. The second-order valence-electron chi connectivity index (χ2n) is 11.5. The Hall–Kier alpha value is -2.82. The molecule has 10 heteroatoms. The number of nitrogens with one attached hydrogen (secondary N) is 1. The van der Waals surface area contributed by atoms with Crippen LogP contribution in [-0.2, 0) is 24.7 Å². The van der Waals surface area contributed by atoms with Crippen LogP contribution in [0.3, 0.4) is 0 Å². The van der Waals surface area contributed by atoms with Crippen LogP contribution in [0, 0.1) is 5.41 Å². The lowest BCUT2D eigenvalue weighted by Gasteiger charge is -2.38. The van der Waals surface area contributed by atoms with Crippen molar-refractivity contribution in [3.8, 4) is 0 Å². The van der Waals surface area contributed by atoms with Gasteiger partial charge in [0.25, 0.3) is 0 Å². The number of hydrogen-bond donors (Lipinski definition) is 2. The molecule has 1 aliphatic carbocycles. The first-order valence-corrected chi connectivity index (χ1v) is 13.1. The van der Waals surface area contributed by atoms with Gasteiger partial charge in [-0.25, -0.2) is 4.68 Å². The fourth-order valence-electron chi connectivity index (χ4n) is 5.36. The monoisotopic (exact) mass is 511 g/mol. The van der Waals surface area contributed by atoms with Gasteiger partial charge in [-0.05, 0) is 23.8 Å². The Balaban J connectivity index is 1.34. The molecule has 1 aromatic carbocycles. The first-order valence-electron chi connectivity index (χ1n) is 13.1. The van der Waals surface area contributed by atoms with Gasteiger partial charge in [0.1, 0.15) is 17.7 Å². The molecule has 2 amide bonds. The molecule has 1 aromatic heterocycles. The number of hydrogen-bond acceptors (Lipinski definition) is 7. The van der Waals surface area contributed by atoms with E-state index in [0.29, 0.717) is 25.7 Å². The van der Waals surface area contributed by atoms with Crippen LogP contribution in [-0.4, -0.2) is 81.9 Å². The Morgan fingerprint density at radius 1 is 1.22 bits per heavy atom. The molecule has 2 aromatic rings. The molecule has 37 heavy (non-hydrogen) atoms. The van der Waals surface area contributed by atoms with E-state index in [4.69, 9.17) is 9.47 Å². The molecule has 5 rings (SSSR count). The first kappa shape index (κ1) is 25.8. The number of nitrogens with zero attached hydrogens (tertiary/aromatic N) is 4. The van der Waals surface area contributed by atoms with Gasteiger partial charge >= 0.3 is 0 Å². The lowest BCUT2D eigenvalue weighted by Crippen LogP contribution is -2.54. The Morgan fingerprint density at radius 2 is 1.97 bits per heavy atom. The zero-order valence-corrected chi connectivity index (χ0v) is 21.8. The van der Waals surface area contributed by atoms with Crippen molar-refractivity contribution in [2.24, 2.45) is 5.41 Å². The Kier molecular flexibility index (Phi) is 7.08. The number of carbonyl (C=O) groups is 2. The minimum absolute atomic E-state index is 0.0944. The van der Waals surface area contributed by atoms with Gasteiger partial charge in [0.05, 0.1) is 38.2 Å². The molecule has 4 atom stereocenters. The summed E-state index contributed by atoms with van der Waals surface area (Å²) < 4.78 is 13.5. The van der Waals surface area contributed by atoms with Crippen molar-refractivity contribution in [1.82, 2.24) is 25.2 Å². The third kappa shape index (κ3) is 5.42. The van der Waals surface area contributed by atoms with Gasteiger partial charge < -0.3 is 24.8 Å². The summed E-state index contributed by atoms with van der Waals surface area (Å²) >= 11 is 0. The van der Waals surface area contributed by atoms with Crippen molar-refractivity contribution < 1.29 is 24.2 Å². The van der Waals surface area contributed by atoms with E-state index in [1.807, 2.05) is 57.3 Å². The van der Waals surface area contributed by atoms with Crippen LogP contribution in [0.15, 0.2) is 36.5 Å². The standard InChI is InChI=1S/C27H37N5O5/c1-26(2,3)23(32-15-21(29-30-32)18-9-10-18)25(35)31-14-20(33)13-22(31)24(34)28-16-27(17-36-11-12-37-27)19-7-5-4-6-8-19/h4-8,15,18,20,22-23,33H,9-14,16-17H2,1-3H3,(H,28,34)/t20?,22?,23-,27?/m1/s1. The maximum atomic E-state index is 13.9. The Bertz CT molecular complexity index is 1100. The van der Waals surface area contributed by atoms with Crippen LogP contribution in [0.5, 0.6) is 0 Å². The fourth-order valence-corrected chi connectivity index (χ4v) is 5.36. The number of ether oxygens (including phenoxy) is 2. The number of likely N-dealkylation sites (tertiary alicyclic amines) is 1. The molecule has 200 valence electrons. The normalized spacial score (nSPS) is 27.2.